The molecule has 27 heavy (non-hydrogen) atoms. The first-order chi connectivity index (χ1) is 12.9. The molecule has 0 atom stereocenters. The first-order valence-electron chi connectivity index (χ1n) is 8.24. The molecule has 0 saturated heterocycles. The molecule has 5 nitrogen and oxygen atoms in total. The van der Waals surface area contributed by atoms with Gasteiger partial charge in [-0.2, -0.15) is 18.3 Å². The average Bonchev–Trinajstić information content (AvgIpc) is 3.11. The van der Waals surface area contributed by atoms with Crippen molar-refractivity contribution in [1.82, 2.24) is 15.1 Å². The molecule has 0 fully saturated rings. The van der Waals surface area contributed by atoms with Crippen LogP contribution in [0.4, 0.5) is 23.7 Å². The molecule has 0 unspecified atom stereocenters. The fourth-order valence-corrected chi connectivity index (χ4v) is 2.44. The van der Waals surface area contributed by atoms with E-state index >= 15 is 0 Å². The van der Waals surface area contributed by atoms with E-state index in [0.29, 0.717) is 13.0 Å². The fourth-order valence-electron chi connectivity index (χ4n) is 2.44. The van der Waals surface area contributed by atoms with Crippen LogP contribution in [0.3, 0.4) is 0 Å². The highest BCUT2D eigenvalue weighted by Crippen LogP contribution is 2.29. The third-order valence-corrected chi connectivity index (χ3v) is 3.80. The van der Waals surface area contributed by atoms with Crippen molar-refractivity contribution in [2.45, 2.75) is 12.6 Å². The van der Waals surface area contributed by atoms with Crippen molar-refractivity contribution in [3.63, 3.8) is 0 Å². The summed E-state index contributed by atoms with van der Waals surface area (Å²) >= 11 is 0. The minimum absolute atomic E-state index is 0.286. The van der Waals surface area contributed by atoms with E-state index in [1.54, 1.807) is 4.68 Å². The Morgan fingerprint density at radius 1 is 1.00 bits per heavy atom. The highest BCUT2D eigenvalue weighted by molar-refractivity contribution is 5.89. The van der Waals surface area contributed by atoms with E-state index in [1.807, 2.05) is 42.6 Å². The van der Waals surface area contributed by atoms with Crippen LogP contribution in [0.2, 0.25) is 0 Å². The molecule has 1 heterocycles. The zero-order valence-corrected chi connectivity index (χ0v) is 14.2. The molecule has 2 N–H and O–H groups in total. The van der Waals surface area contributed by atoms with E-state index < -0.39 is 17.8 Å². The summed E-state index contributed by atoms with van der Waals surface area (Å²) in [5.41, 5.74) is 1.28. The average molecular weight is 374 g/mol. The van der Waals surface area contributed by atoms with Crippen LogP contribution in [0, 0.1) is 0 Å². The number of benzene rings is 2. The van der Waals surface area contributed by atoms with Gasteiger partial charge < -0.3 is 10.6 Å². The summed E-state index contributed by atoms with van der Waals surface area (Å²) in [6, 6.07) is 15.3. The molecular weight excluding hydrogens is 357 g/mol. The summed E-state index contributed by atoms with van der Waals surface area (Å²) in [5.74, 6) is 0. The number of anilines is 1. The molecule has 0 aliphatic carbocycles. The fraction of sp³-hybridized carbons (Fsp3) is 0.158. The summed E-state index contributed by atoms with van der Waals surface area (Å²) in [4.78, 5) is 11.8. The highest BCUT2D eigenvalue weighted by Gasteiger charge is 2.29. The Balaban J connectivity index is 1.47. The van der Waals surface area contributed by atoms with Gasteiger partial charge in [0.05, 0.1) is 16.9 Å². The van der Waals surface area contributed by atoms with Gasteiger partial charge in [-0.05, 0) is 42.5 Å². The standard InChI is InChI=1S/C19H17F3N4O/c20-19(21,22)14-6-8-15(9-7-14)24-18(27)23-12-10-16-11-13-26(25-16)17-4-2-1-3-5-17/h1-9,11,13H,10,12H2,(H2,23,24,27). The Bertz CT molecular complexity index is 889. The Kier molecular flexibility index (Phi) is 5.44. The second-order valence-corrected chi connectivity index (χ2v) is 5.79. The summed E-state index contributed by atoms with van der Waals surface area (Å²) < 4.78 is 39.3. The third kappa shape index (κ3) is 5.10. The molecule has 140 valence electrons. The largest absolute Gasteiger partial charge is 0.416 e. The first-order valence-corrected chi connectivity index (χ1v) is 8.24. The van der Waals surface area contributed by atoms with E-state index in [2.05, 4.69) is 15.7 Å². The second-order valence-electron chi connectivity index (χ2n) is 5.79. The van der Waals surface area contributed by atoms with Gasteiger partial charge in [0.2, 0.25) is 0 Å². The molecule has 3 aromatic rings. The quantitative estimate of drug-likeness (QED) is 0.701. The Labute approximate surface area is 153 Å². The maximum absolute atomic E-state index is 12.5. The lowest BCUT2D eigenvalue weighted by Gasteiger charge is -2.09. The smallest absolute Gasteiger partial charge is 0.337 e. The van der Waals surface area contributed by atoms with Crippen LogP contribution in [0.25, 0.3) is 5.69 Å². The number of hydrogen-bond donors (Lipinski definition) is 2. The van der Waals surface area contributed by atoms with Gasteiger partial charge in [-0.1, -0.05) is 18.2 Å². The van der Waals surface area contributed by atoms with Gasteiger partial charge in [0.25, 0.3) is 0 Å². The normalized spacial score (nSPS) is 11.2. The van der Waals surface area contributed by atoms with Gasteiger partial charge in [0.1, 0.15) is 0 Å². The number of carbonyl (C=O) groups excluding carboxylic acids is 1. The van der Waals surface area contributed by atoms with E-state index in [9.17, 15) is 18.0 Å². The van der Waals surface area contributed by atoms with Crippen LogP contribution in [-0.4, -0.2) is 22.4 Å². The molecule has 2 amide bonds. The number of aromatic nitrogens is 2. The molecular formula is C19H17F3N4O. The van der Waals surface area contributed by atoms with Gasteiger partial charge in [0, 0.05) is 24.8 Å². The van der Waals surface area contributed by atoms with Crippen LogP contribution in [0.15, 0.2) is 66.9 Å². The maximum Gasteiger partial charge on any atom is 0.416 e. The summed E-state index contributed by atoms with van der Waals surface area (Å²) in [6.45, 7) is 0.346. The number of urea groups is 1. The Hall–Kier alpha value is -3.29. The topological polar surface area (TPSA) is 59.0 Å². The maximum atomic E-state index is 12.5. The number of rotatable bonds is 5. The van der Waals surface area contributed by atoms with Crippen molar-refractivity contribution >= 4 is 11.7 Å². The molecule has 2 aromatic carbocycles. The number of halogens is 3. The zero-order chi connectivity index (χ0) is 19.3. The van der Waals surface area contributed by atoms with Gasteiger partial charge in [-0.15, -0.1) is 0 Å². The minimum atomic E-state index is -4.40. The lowest BCUT2D eigenvalue weighted by Crippen LogP contribution is -2.30. The molecule has 1 aromatic heterocycles. The molecule has 0 radical (unpaired) electrons. The van der Waals surface area contributed by atoms with Crippen molar-refractivity contribution in [2.75, 3.05) is 11.9 Å². The van der Waals surface area contributed by atoms with Crippen molar-refractivity contribution in [1.29, 1.82) is 0 Å². The lowest BCUT2D eigenvalue weighted by atomic mass is 10.2. The number of alkyl halides is 3. The monoisotopic (exact) mass is 374 g/mol. The van der Waals surface area contributed by atoms with Crippen LogP contribution >= 0.6 is 0 Å². The van der Waals surface area contributed by atoms with E-state index in [0.717, 1.165) is 23.5 Å². The van der Waals surface area contributed by atoms with E-state index in [-0.39, 0.29) is 5.69 Å². The predicted molar refractivity (Wildman–Crippen MR) is 95.7 cm³/mol. The third-order valence-electron chi connectivity index (χ3n) is 3.80. The van der Waals surface area contributed by atoms with Crippen LogP contribution in [0.1, 0.15) is 11.3 Å². The molecule has 3 rings (SSSR count). The second kappa shape index (κ2) is 7.94. The number of amides is 2. The number of nitrogens with zero attached hydrogens (tertiary/aromatic N) is 2. The van der Waals surface area contributed by atoms with Gasteiger partial charge in [-0.3, -0.25) is 0 Å². The first kappa shape index (κ1) is 18.5. The SMILES string of the molecule is O=C(NCCc1ccn(-c2ccccc2)n1)Nc1ccc(C(F)(F)F)cc1. The van der Waals surface area contributed by atoms with Gasteiger partial charge in [0.15, 0.2) is 0 Å². The Morgan fingerprint density at radius 2 is 1.70 bits per heavy atom. The Morgan fingerprint density at radius 3 is 2.37 bits per heavy atom. The van der Waals surface area contributed by atoms with Gasteiger partial charge >= 0.3 is 12.2 Å². The van der Waals surface area contributed by atoms with Crippen molar-refractivity contribution < 1.29 is 18.0 Å². The van der Waals surface area contributed by atoms with Crippen LogP contribution in [-0.2, 0) is 12.6 Å². The minimum Gasteiger partial charge on any atom is -0.337 e. The number of hydrogen-bond acceptors (Lipinski definition) is 2. The van der Waals surface area contributed by atoms with E-state index in [1.165, 1.54) is 12.1 Å². The summed E-state index contributed by atoms with van der Waals surface area (Å²) in [7, 11) is 0. The zero-order valence-electron chi connectivity index (χ0n) is 14.2. The summed E-state index contributed by atoms with van der Waals surface area (Å²) in [6.07, 6.45) is -2.03. The number of carbonyl (C=O) groups is 1. The summed E-state index contributed by atoms with van der Waals surface area (Å²) in [5, 5.41) is 9.58. The molecule has 0 spiro atoms. The van der Waals surface area contributed by atoms with Crippen molar-refractivity contribution in [3.8, 4) is 5.69 Å². The number of para-hydroxylation sites is 1. The van der Waals surface area contributed by atoms with Crippen molar-refractivity contribution in [3.05, 3.63) is 78.1 Å². The lowest BCUT2D eigenvalue weighted by molar-refractivity contribution is -0.137. The molecule has 8 heteroatoms. The predicted octanol–water partition coefficient (Wildman–Crippen LogP) is 4.26. The highest BCUT2D eigenvalue weighted by atomic mass is 19.4. The molecule has 0 aliphatic rings. The van der Waals surface area contributed by atoms with Crippen LogP contribution < -0.4 is 10.6 Å². The van der Waals surface area contributed by atoms with Crippen LogP contribution in [0.5, 0.6) is 0 Å². The van der Waals surface area contributed by atoms with Crippen molar-refractivity contribution in [2.24, 2.45) is 0 Å². The molecule has 0 saturated carbocycles. The van der Waals surface area contributed by atoms with Gasteiger partial charge in [-0.25, -0.2) is 9.48 Å². The van der Waals surface area contributed by atoms with E-state index in [4.69, 9.17) is 0 Å². The molecule has 0 bridgehead atoms. The number of nitrogens with one attached hydrogen (secondary N) is 2. The molecule has 0 aliphatic heterocycles.